The van der Waals surface area contributed by atoms with Crippen molar-refractivity contribution in [2.24, 2.45) is 0 Å². The minimum absolute atomic E-state index is 0.0372. The second-order valence-electron chi connectivity index (χ2n) is 9.11. The first kappa shape index (κ1) is 25.2. The molecule has 1 heterocycles. The van der Waals surface area contributed by atoms with E-state index in [1.165, 1.54) is 0 Å². The molecule has 0 aliphatic carbocycles. The highest BCUT2D eigenvalue weighted by molar-refractivity contribution is 5.95. The van der Waals surface area contributed by atoms with Crippen molar-refractivity contribution in [3.05, 3.63) is 107 Å². The Morgan fingerprint density at radius 3 is 1.95 bits per heavy atom. The molecule has 0 saturated carbocycles. The van der Waals surface area contributed by atoms with Crippen LogP contribution in [0.15, 0.2) is 84.9 Å². The largest absolute Gasteiger partial charge is 0.493 e. The van der Waals surface area contributed by atoms with Crippen molar-refractivity contribution in [3.8, 4) is 34.1 Å². The van der Waals surface area contributed by atoms with Gasteiger partial charge in [-0.2, -0.15) is 0 Å². The lowest BCUT2D eigenvalue weighted by Crippen LogP contribution is -2.40. The summed E-state index contributed by atoms with van der Waals surface area (Å²) in [5.74, 6) is 2.50. The zero-order valence-corrected chi connectivity index (χ0v) is 22.1. The fraction of sp³-hybridized carbons (Fsp3) is 0.219. The Labute approximate surface area is 223 Å². The molecule has 1 unspecified atom stereocenters. The molecule has 1 atom stereocenters. The first-order valence-electron chi connectivity index (χ1n) is 12.5. The van der Waals surface area contributed by atoms with Crippen molar-refractivity contribution in [2.75, 3.05) is 35.0 Å². The van der Waals surface area contributed by atoms with Crippen LogP contribution in [0.4, 0.5) is 0 Å². The van der Waals surface area contributed by atoms with E-state index in [1.807, 2.05) is 77.7 Å². The van der Waals surface area contributed by atoms with Crippen LogP contribution in [0.5, 0.6) is 23.0 Å². The number of rotatable bonds is 7. The number of fused-ring (bicyclic) bond motifs is 1. The summed E-state index contributed by atoms with van der Waals surface area (Å²) >= 11 is 0. The molecule has 4 aromatic carbocycles. The van der Waals surface area contributed by atoms with Gasteiger partial charge in [0.2, 0.25) is 0 Å². The molecule has 1 aliphatic rings. The van der Waals surface area contributed by atoms with E-state index in [0.717, 1.165) is 27.8 Å². The number of carbonyl (C=O) groups excluding carboxylic acids is 1. The van der Waals surface area contributed by atoms with E-state index in [2.05, 4.69) is 12.1 Å². The number of hydrogen-bond acceptors (Lipinski definition) is 5. The van der Waals surface area contributed by atoms with Gasteiger partial charge in [0.05, 0.1) is 34.5 Å². The number of methoxy groups -OCH3 is 4. The normalized spacial score (nSPS) is 14.4. The van der Waals surface area contributed by atoms with Gasteiger partial charge in [-0.05, 0) is 70.6 Å². The first-order valence-corrected chi connectivity index (χ1v) is 12.5. The van der Waals surface area contributed by atoms with Gasteiger partial charge < -0.3 is 23.8 Å². The van der Waals surface area contributed by atoms with E-state index in [4.69, 9.17) is 18.9 Å². The molecule has 194 valence electrons. The molecule has 0 fully saturated rings. The van der Waals surface area contributed by atoms with Crippen LogP contribution in [0, 0.1) is 0 Å². The monoisotopic (exact) mass is 509 g/mol. The van der Waals surface area contributed by atoms with Crippen LogP contribution in [-0.2, 0) is 6.42 Å². The quantitative estimate of drug-likeness (QED) is 0.298. The van der Waals surface area contributed by atoms with Crippen LogP contribution < -0.4 is 18.9 Å². The van der Waals surface area contributed by atoms with Gasteiger partial charge >= 0.3 is 0 Å². The van der Waals surface area contributed by atoms with E-state index in [0.29, 0.717) is 41.5 Å². The lowest BCUT2D eigenvalue weighted by atomic mass is 9.87. The Morgan fingerprint density at radius 1 is 0.684 bits per heavy atom. The number of benzene rings is 4. The third kappa shape index (κ3) is 4.65. The molecular formula is C32H31NO5. The first-order chi connectivity index (χ1) is 18.6. The molecule has 0 spiro atoms. The second kappa shape index (κ2) is 10.9. The van der Waals surface area contributed by atoms with Gasteiger partial charge in [0, 0.05) is 12.1 Å². The number of ether oxygens (including phenoxy) is 4. The average Bonchev–Trinajstić information content (AvgIpc) is 2.99. The third-order valence-corrected chi connectivity index (χ3v) is 7.10. The highest BCUT2D eigenvalue weighted by Crippen LogP contribution is 2.43. The molecule has 0 radical (unpaired) electrons. The topological polar surface area (TPSA) is 57.2 Å². The molecule has 0 N–H and O–H groups in total. The smallest absolute Gasteiger partial charge is 0.254 e. The van der Waals surface area contributed by atoms with Gasteiger partial charge in [0.25, 0.3) is 5.91 Å². The molecule has 6 nitrogen and oxygen atoms in total. The fourth-order valence-corrected chi connectivity index (χ4v) is 5.15. The Kier molecular flexibility index (Phi) is 7.22. The minimum Gasteiger partial charge on any atom is -0.493 e. The summed E-state index contributed by atoms with van der Waals surface area (Å²) in [6.45, 7) is 0.556. The van der Waals surface area contributed by atoms with Crippen molar-refractivity contribution in [3.63, 3.8) is 0 Å². The van der Waals surface area contributed by atoms with E-state index >= 15 is 0 Å². The lowest BCUT2D eigenvalue weighted by molar-refractivity contribution is 0.0694. The fourth-order valence-electron chi connectivity index (χ4n) is 5.15. The van der Waals surface area contributed by atoms with Crippen LogP contribution in [0.2, 0.25) is 0 Å². The van der Waals surface area contributed by atoms with Crippen LogP contribution in [0.25, 0.3) is 11.1 Å². The van der Waals surface area contributed by atoms with Crippen LogP contribution in [0.1, 0.15) is 33.1 Å². The van der Waals surface area contributed by atoms with Crippen molar-refractivity contribution in [1.29, 1.82) is 0 Å². The maximum Gasteiger partial charge on any atom is 0.254 e. The van der Waals surface area contributed by atoms with Crippen LogP contribution >= 0.6 is 0 Å². The molecule has 4 aromatic rings. The summed E-state index contributed by atoms with van der Waals surface area (Å²) in [4.78, 5) is 15.9. The highest BCUT2D eigenvalue weighted by atomic mass is 16.5. The molecule has 0 saturated heterocycles. The summed E-state index contributed by atoms with van der Waals surface area (Å²) in [6, 6.07) is 27.4. The number of hydrogen-bond donors (Lipinski definition) is 0. The second-order valence-corrected chi connectivity index (χ2v) is 9.11. The molecule has 38 heavy (non-hydrogen) atoms. The van der Waals surface area contributed by atoms with Crippen molar-refractivity contribution < 1.29 is 23.7 Å². The number of carbonyl (C=O) groups is 1. The predicted molar refractivity (Wildman–Crippen MR) is 148 cm³/mol. The Balaban J connectivity index is 1.58. The Bertz CT molecular complexity index is 1430. The standard InChI is InChI=1S/C32H31NO5/c1-35-27-15-14-25(19-28(27)36-2)31-26-20-30(38-4)29(37-3)18-24(26)16-17-33(31)32(34)23-12-10-22(11-13-23)21-8-6-5-7-9-21/h5-15,18-20,31H,16-17H2,1-4H3. The van der Waals surface area contributed by atoms with Crippen molar-refractivity contribution in [2.45, 2.75) is 12.5 Å². The summed E-state index contributed by atoms with van der Waals surface area (Å²) in [5, 5.41) is 0. The minimum atomic E-state index is -0.348. The van der Waals surface area contributed by atoms with Crippen LogP contribution in [0.3, 0.4) is 0 Å². The zero-order valence-electron chi connectivity index (χ0n) is 22.1. The van der Waals surface area contributed by atoms with E-state index in [1.54, 1.807) is 28.4 Å². The molecule has 5 rings (SSSR count). The third-order valence-electron chi connectivity index (χ3n) is 7.10. The maximum absolute atomic E-state index is 14.0. The lowest BCUT2D eigenvalue weighted by Gasteiger charge is -2.38. The van der Waals surface area contributed by atoms with Gasteiger partial charge in [-0.3, -0.25) is 4.79 Å². The van der Waals surface area contributed by atoms with E-state index in [9.17, 15) is 4.79 Å². The predicted octanol–water partition coefficient (Wildman–Crippen LogP) is 6.18. The van der Waals surface area contributed by atoms with Gasteiger partial charge in [0.15, 0.2) is 23.0 Å². The van der Waals surface area contributed by atoms with Gasteiger partial charge in [-0.1, -0.05) is 48.5 Å². The molecular weight excluding hydrogens is 478 g/mol. The van der Waals surface area contributed by atoms with Gasteiger partial charge in [-0.15, -0.1) is 0 Å². The molecule has 6 heteroatoms. The summed E-state index contributed by atoms with van der Waals surface area (Å²) < 4.78 is 22.3. The number of amides is 1. The van der Waals surface area contributed by atoms with Crippen LogP contribution in [-0.4, -0.2) is 45.8 Å². The van der Waals surface area contributed by atoms with Crippen molar-refractivity contribution >= 4 is 5.91 Å². The number of nitrogens with zero attached hydrogens (tertiary/aromatic N) is 1. The highest BCUT2D eigenvalue weighted by Gasteiger charge is 2.34. The van der Waals surface area contributed by atoms with Crippen molar-refractivity contribution in [1.82, 2.24) is 4.90 Å². The average molecular weight is 510 g/mol. The molecule has 0 aromatic heterocycles. The summed E-state index contributed by atoms with van der Waals surface area (Å²) in [6.07, 6.45) is 0.702. The summed E-state index contributed by atoms with van der Waals surface area (Å²) in [7, 11) is 6.48. The zero-order chi connectivity index (χ0) is 26.6. The Morgan fingerprint density at radius 2 is 1.29 bits per heavy atom. The summed E-state index contributed by atoms with van der Waals surface area (Å²) in [5.41, 5.74) is 5.85. The van der Waals surface area contributed by atoms with Gasteiger partial charge in [0.1, 0.15) is 0 Å². The molecule has 1 amide bonds. The van der Waals surface area contributed by atoms with E-state index in [-0.39, 0.29) is 11.9 Å². The Hall–Kier alpha value is -4.45. The van der Waals surface area contributed by atoms with Gasteiger partial charge in [-0.25, -0.2) is 0 Å². The maximum atomic E-state index is 14.0. The SMILES string of the molecule is COc1ccc(C2c3cc(OC)c(OC)cc3CCN2C(=O)c2ccc(-c3ccccc3)cc2)cc1OC. The molecule has 1 aliphatic heterocycles. The molecule has 0 bridgehead atoms. The van der Waals surface area contributed by atoms with E-state index < -0.39 is 0 Å².